The van der Waals surface area contributed by atoms with Crippen LogP contribution in [0.3, 0.4) is 0 Å². The molecule has 4 aromatic rings. The Morgan fingerprint density at radius 3 is 2.65 bits per heavy atom. The first-order chi connectivity index (χ1) is 12.5. The number of nitrogens with one attached hydrogen (secondary N) is 1. The van der Waals surface area contributed by atoms with Gasteiger partial charge in [-0.25, -0.2) is 4.68 Å². The Balaban J connectivity index is 1.74. The van der Waals surface area contributed by atoms with Gasteiger partial charge in [0, 0.05) is 15.8 Å². The normalized spacial score (nSPS) is 11.2. The molecule has 0 saturated heterocycles. The number of carbonyl (C=O) groups excluding carboxylic acids is 1. The summed E-state index contributed by atoms with van der Waals surface area (Å²) in [5.41, 5.74) is 2.23. The van der Waals surface area contributed by atoms with Gasteiger partial charge in [0.15, 0.2) is 0 Å². The number of rotatable bonds is 3. The smallest absolute Gasteiger partial charge is 0.276 e. The summed E-state index contributed by atoms with van der Waals surface area (Å²) in [5, 5.41) is 8.76. The van der Waals surface area contributed by atoms with E-state index in [9.17, 15) is 9.59 Å². The van der Waals surface area contributed by atoms with Crippen LogP contribution < -0.4 is 10.9 Å². The third kappa shape index (κ3) is 2.78. The van der Waals surface area contributed by atoms with E-state index >= 15 is 0 Å². The van der Waals surface area contributed by atoms with Crippen LogP contribution in [0.2, 0.25) is 0 Å². The molecule has 6 heteroatoms. The summed E-state index contributed by atoms with van der Waals surface area (Å²) >= 11 is 1.56. The molecule has 2 heterocycles. The first-order valence-electron chi connectivity index (χ1n) is 8.29. The maximum Gasteiger partial charge on any atom is 0.276 e. The van der Waals surface area contributed by atoms with Crippen molar-refractivity contribution in [3.05, 3.63) is 70.1 Å². The Morgan fingerprint density at radius 2 is 1.85 bits per heavy atom. The number of nitrogens with zero attached hydrogens (tertiary/aromatic N) is 2. The molecule has 0 atom stereocenters. The highest BCUT2D eigenvalue weighted by Crippen LogP contribution is 2.32. The number of para-hydroxylation sites is 1. The largest absolute Gasteiger partial charge is 0.324 e. The summed E-state index contributed by atoms with van der Waals surface area (Å²) in [5.74, 6) is -0.271. The molecule has 130 valence electrons. The number of hydrogen-bond donors (Lipinski definition) is 1. The summed E-state index contributed by atoms with van der Waals surface area (Å²) in [6.45, 7) is 3.68. The Morgan fingerprint density at radius 1 is 1.12 bits per heavy atom. The summed E-state index contributed by atoms with van der Waals surface area (Å²) in [6, 6.07) is 15.3. The average Bonchev–Trinajstić information content (AvgIpc) is 3.02. The molecule has 1 N–H and O–H groups in total. The molecule has 0 fully saturated rings. The van der Waals surface area contributed by atoms with Crippen molar-refractivity contribution in [2.75, 3.05) is 5.32 Å². The number of amides is 1. The lowest BCUT2D eigenvalue weighted by Gasteiger charge is -2.10. The molecule has 0 aliphatic rings. The van der Waals surface area contributed by atoms with E-state index in [0.29, 0.717) is 5.39 Å². The summed E-state index contributed by atoms with van der Waals surface area (Å²) in [7, 11) is 0. The number of hydrogen-bond acceptors (Lipinski definition) is 4. The number of thiophene rings is 1. The van der Waals surface area contributed by atoms with E-state index in [1.807, 2.05) is 62.4 Å². The quantitative estimate of drug-likeness (QED) is 0.601. The first kappa shape index (κ1) is 16.5. The van der Waals surface area contributed by atoms with E-state index < -0.39 is 0 Å². The van der Waals surface area contributed by atoms with E-state index in [1.54, 1.807) is 11.3 Å². The minimum Gasteiger partial charge on any atom is -0.324 e. The van der Waals surface area contributed by atoms with Crippen molar-refractivity contribution < 1.29 is 4.79 Å². The lowest BCUT2D eigenvalue weighted by molar-refractivity contribution is -0.117. The molecule has 0 saturated carbocycles. The maximum atomic E-state index is 12.9. The van der Waals surface area contributed by atoms with Gasteiger partial charge in [-0.2, -0.15) is 5.10 Å². The fourth-order valence-corrected chi connectivity index (χ4v) is 4.19. The van der Waals surface area contributed by atoms with Gasteiger partial charge < -0.3 is 5.32 Å². The van der Waals surface area contributed by atoms with Gasteiger partial charge in [-0.1, -0.05) is 36.4 Å². The van der Waals surface area contributed by atoms with Crippen LogP contribution in [-0.4, -0.2) is 15.7 Å². The average molecular weight is 363 g/mol. The highest BCUT2D eigenvalue weighted by atomic mass is 32.1. The number of benzene rings is 2. The second-order valence-corrected chi connectivity index (χ2v) is 7.27. The lowest BCUT2D eigenvalue weighted by atomic mass is 10.2. The van der Waals surface area contributed by atoms with Crippen LogP contribution in [0.25, 0.3) is 20.2 Å². The van der Waals surface area contributed by atoms with Crippen LogP contribution in [-0.2, 0) is 11.3 Å². The van der Waals surface area contributed by atoms with Gasteiger partial charge in [0.25, 0.3) is 5.56 Å². The Hall–Kier alpha value is -2.99. The molecule has 0 unspecified atom stereocenters. The van der Waals surface area contributed by atoms with Crippen molar-refractivity contribution in [3.63, 3.8) is 0 Å². The van der Waals surface area contributed by atoms with Crippen LogP contribution in [0.5, 0.6) is 0 Å². The fraction of sp³-hybridized carbons (Fsp3) is 0.150. The molecule has 4 rings (SSSR count). The predicted octanol–water partition coefficient (Wildman–Crippen LogP) is 3.87. The van der Waals surface area contributed by atoms with Gasteiger partial charge in [0.1, 0.15) is 6.54 Å². The molecule has 0 aliphatic carbocycles. The molecule has 26 heavy (non-hydrogen) atoms. The maximum absolute atomic E-state index is 12.9. The summed E-state index contributed by atoms with van der Waals surface area (Å²) < 4.78 is 3.18. The molecule has 1 amide bonds. The lowest BCUT2D eigenvalue weighted by Crippen LogP contribution is -2.30. The molecule has 0 bridgehead atoms. The number of anilines is 1. The van der Waals surface area contributed by atoms with Gasteiger partial charge in [-0.15, -0.1) is 11.3 Å². The van der Waals surface area contributed by atoms with Crippen molar-refractivity contribution in [1.29, 1.82) is 0 Å². The molecule has 5 nitrogen and oxygen atoms in total. The third-order valence-electron chi connectivity index (χ3n) is 4.36. The van der Waals surface area contributed by atoms with Crippen LogP contribution in [0.4, 0.5) is 5.69 Å². The van der Waals surface area contributed by atoms with Gasteiger partial charge in [-0.05, 0) is 31.5 Å². The molecular weight excluding hydrogens is 346 g/mol. The van der Waals surface area contributed by atoms with Crippen LogP contribution in [0.1, 0.15) is 11.3 Å². The van der Waals surface area contributed by atoms with Gasteiger partial charge in [0.2, 0.25) is 5.91 Å². The van der Waals surface area contributed by atoms with Gasteiger partial charge >= 0.3 is 0 Å². The number of aryl methyl sites for hydroxylation is 2. The second kappa shape index (κ2) is 6.38. The zero-order chi connectivity index (χ0) is 18.3. The Labute approximate surface area is 153 Å². The molecular formula is C20H17N3O2S. The van der Waals surface area contributed by atoms with Gasteiger partial charge in [0.05, 0.1) is 15.8 Å². The van der Waals surface area contributed by atoms with Crippen molar-refractivity contribution in [3.8, 4) is 0 Å². The fourth-order valence-electron chi connectivity index (χ4n) is 3.06. The SMILES string of the molecule is Cc1ccccc1NC(=O)Cn1nc(C)c2sc3ccccc3c2c1=O. The minimum atomic E-state index is -0.271. The Bertz CT molecular complexity index is 1210. The second-order valence-electron chi connectivity index (χ2n) is 6.21. The van der Waals surface area contributed by atoms with Crippen molar-refractivity contribution in [1.82, 2.24) is 9.78 Å². The minimum absolute atomic E-state index is 0.117. The standard InChI is InChI=1S/C20H17N3O2S/c1-12-7-3-5-9-15(12)21-17(24)11-23-20(25)18-14-8-4-6-10-16(14)26-19(18)13(2)22-23/h3-10H,11H2,1-2H3,(H,21,24). The highest BCUT2D eigenvalue weighted by molar-refractivity contribution is 7.26. The third-order valence-corrected chi connectivity index (χ3v) is 5.64. The summed E-state index contributed by atoms with van der Waals surface area (Å²) in [6.07, 6.45) is 0. The van der Waals surface area contributed by atoms with E-state index in [0.717, 1.165) is 31.7 Å². The molecule has 0 radical (unpaired) electrons. The predicted molar refractivity (Wildman–Crippen MR) is 106 cm³/mol. The topological polar surface area (TPSA) is 64.0 Å². The van der Waals surface area contributed by atoms with Crippen LogP contribution in [0.15, 0.2) is 53.3 Å². The summed E-state index contributed by atoms with van der Waals surface area (Å²) in [4.78, 5) is 25.4. The molecule has 0 aliphatic heterocycles. The first-order valence-corrected chi connectivity index (χ1v) is 9.10. The van der Waals surface area contributed by atoms with E-state index in [1.165, 1.54) is 4.68 Å². The monoisotopic (exact) mass is 363 g/mol. The number of fused-ring (bicyclic) bond motifs is 3. The van der Waals surface area contributed by atoms with Crippen LogP contribution in [0, 0.1) is 13.8 Å². The highest BCUT2D eigenvalue weighted by Gasteiger charge is 2.16. The number of carbonyl (C=O) groups is 1. The molecule has 2 aromatic carbocycles. The van der Waals surface area contributed by atoms with Crippen molar-refractivity contribution >= 4 is 43.1 Å². The van der Waals surface area contributed by atoms with E-state index in [4.69, 9.17) is 0 Å². The van der Waals surface area contributed by atoms with Crippen molar-refractivity contribution in [2.24, 2.45) is 0 Å². The van der Waals surface area contributed by atoms with Crippen LogP contribution >= 0.6 is 11.3 Å². The van der Waals surface area contributed by atoms with Gasteiger partial charge in [-0.3, -0.25) is 9.59 Å². The zero-order valence-electron chi connectivity index (χ0n) is 14.4. The number of aromatic nitrogens is 2. The van der Waals surface area contributed by atoms with Crippen molar-refractivity contribution in [2.45, 2.75) is 20.4 Å². The molecule has 2 aromatic heterocycles. The Kier molecular flexibility index (Phi) is 4.05. The van der Waals surface area contributed by atoms with E-state index in [-0.39, 0.29) is 18.0 Å². The van der Waals surface area contributed by atoms with E-state index in [2.05, 4.69) is 10.4 Å². The molecule has 0 spiro atoms. The zero-order valence-corrected chi connectivity index (χ0v) is 15.3.